The van der Waals surface area contributed by atoms with Gasteiger partial charge in [0.2, 0.25) is 0 Å². The van der Waals surface area contributed by atoms with Gasteiger partial charge in [-0.1, -0.05) is 0 Å². The van der Waals surface area contributed by atoms with E-state index in [-0.39, 0.29) is 12.0 Å². The minimum Gasteiger partial charge on any atom is -0.391 e. The number of nitrogens with one attached hydrogen (secondary N) is 1. The summed E-state index contributed by atoms with van der Waals surface area (Å²) in [5.74, 6) is 0.0118. The molecule has 98 valence electrons. The van der Waals surface area contributed by atoms with Crippen LogP contribution in [-0.4, -0.2) is 41.7 Å². The molecule has 0 saturated carbocycles. The minimum absolute atomic E-state index is 0.0118. The summed E-state index contributed by atoms with van der Waals surface area (Å²) in [6, 6.07) is 5.70. The average Bonchev–Trinajstić information content (AvgIpc) is 2.78. The van der Waals surface area contributed by atoms with Crippen LogP contribution in [0.1, 0.15) is 29.3 Å². The SMILES string of the molecule is CCNc1ccc(C(=O)N2CCC(O)C2)cc1C. The maximum absolute atomic E-state index is 12.2. The molecule has 1 fully saturated rings. The number of aryl methyl sites for hydroxylation is 1. The van der Waals surface area contributed by atoms with Crippen molar-refractivity contribution >= 4 is 11.6 Å². The maximum atomic E-state index is 12.2. The second-order valence-electron chi connectivity index (χ2n) is 4.75. The van der Waals surface area contributed by atoms with Crippen molar-refractivity contribution in [1.29, 1.82) is 0 Å². The molecule has 4 nitrogen and oxygen atoms in total. The molecule has 18 heavy (non-hydrogen) atoms. The normalized spacial score (nSPS) is 19.1. The molecule has 0 radical (unpaired) electrons. The van der Waals surface area contributed by atoms with Crippen LogP contribution in [0.4, 0.5) is 5.69 Å². The smallest absolute Gasteiger partial charge is 0.253 e. The molecule has 1 unspecified atom stereocenters. The van der Waals surface area contributed by atoms with Gasteiger partial charge in [0.05, 0.1) is 6.10 Å². The number of aliphatic hydroxyl groups excluding tert-OH is 1. The quantitative estimate of drug-likeness (QED) is 0.855. The molecule has 0 aromatic heterocycles. The highest BCUT2D eigenvalue weighted by atomic mass is 16.3. The number of hydrogen-bond acceptors (Lipinski definition) is 3. The molecule has 1 atom stereocenters. The van der Waals surface area contributed by atoms with Crippen molar-refractivity contribution in [2.45, 2.75) is 26.4 Å². The molecule has 1 aliphatic rings. The number of carbonyl (C=O) groups excluding carboxylic acids is 1. The highest BCUT2D eigenvalue weighted by Gasteiger charge is 2.25. The van der Waals surface area contributed by atoms with Gasteiger partial charge in [-0.3, -0.25) is 4.79 Å². The van der Waals surface area contributed by atoms with Crippen LogP contribution >= 0.6 is 0 Å². The number of carbonyl (C=O) groups is 1. The van der Waals surface area contributed by atoms with Gasteiger partial charge in [-0.2, -0.15) is 0 Å². The van der Waals surface area contributed by atoms with Crippen LogP contribution in [0.25, 0.3) is 0 Å². The third kappa shape index (κ3) is 2.64. The van der Waals surface area contributed by atoms with Crippen LogP contribution in [0.15, 0.2) is 18.2 Å². The summed E-state index contributed by atoms with van der Waals surface area (Å²) in [6.07, 6.45) is 0.316. The fourth-order valence-corrected chi connectivity index (χ4v) is 2.29. The number of nitrogens with zero attached hydrogens (tertiary/aromatic N) is 1. The van der Waals surface area contributed by atoms with Crippen molar-refractivity contribution in [3.05, 3.63) is 29.3 Å². The number of amides is 1. The van der Waals surface area contributed by atoms with Crippen molar-refractivity contribution in [3.8, 4) is 0 Å². The third-order valence-electron chi connectivity index (χ3n) is 3.29. The lowest BCUT2D eigenvalue weighted by Crippen LogP contribution is -2.29. The standard InChI is InChI=1S/C14H20N2O2/c1-3-15-13-5-4-11(8-10(13)2)14(18)16-7-6-12(17)9-16/h4-5,8,12,15,17H,3,6-7,9H2,1-2H3. The molecule has 1 amide bonds. The van der Waals surface area contributed by atoms with E-state index < -0.39 is 0 Å². The zero-order valence-electron chi connectivity index (χ0n) is 10.9. The van der Waals surface area contributed by atoms with Gasteiger partial charge < -0.3 is 15.3 Å². The number of benzene rings is 1. The van der Waals surface area contributed by atoms with Gasteiger partial charge >= 0.3 is 0 Å². The predicted molar refractivity (Wildman–Crippen MR) is 71.9 cm³/mol. The number of rotatable bonds is 3. The Labute approximate surface area is 108 Å². The van der Waals surface area contributed by atoms with Crippen LogP contribution < -0.4 is 5.32 Å². The Bertz CT molecular complexity index is 445. The average molecular weight is 248 g/mol. The molecule has 1 heterocycles. The minimum atomic E-state index is -0.365. The zero-order chi connectivity index (χ0) is 13.1. The lowest BCUT2D eigenvalue weighted by molar-refractivity contribution is 0.0765. The Hall–Kier alpha value is -1.55. The maximum Gasteiger partial charge on any atom is 0.253 e. The molecule has 1 aromatic rings. The molecule has 0 bridgehead atoms. The lowest BCUT2D eigenvalue weighted by Gasteiger charge is -2.16. The largest absolute Gasteiger partial charge is 0.391 e. The third-order valence-corrected chi connectivity index (χ3v) is 3.29. The fraction of sp³-hybridized carbons (Fsp3) is 0.500. The van der Waals surface area contributed by atoms with Crippen molar-refractivity contribution in [2.75, 3.05) is 25.0 Å². The van der Waals surface area contributed by atoms with Crippen LogP contribution in [0.2, 0.25) is 0 Å². The number of hydrogen-bond donors (Lipinski definition) is 2. The van der Waals surface area contributed by atoms with E-state index in [0.29, 0.717) is 25.1 Å². The Morgan fingerprint density at radius 3 is 2.89 bits per heavy atom. The number of likely N-dealkylation sites (tertiary alicyclic amines) is 1. The van der Waals surface area contributed by atoms with Crippen molar-refractivity contribution in [1.82, 2.24) is 4.90 Å². The number of aliphatic hydroxyl groups is 1. The van der Waals surface area contributed by atoms with Crippen LogP contribution in [0, 0.1) is 6.92 Å². The predicted octanol–water partition coefficient (Wildman–Crippen LogP) is 1.63. The molecule has 1 aliphatic heterocycles. The molecular formula is C14H20N2O2. The van der Waals surface area contributed by atoms with Gasteiger partial charge in [0.25, 0.3) is 5.91 Å². The van der Waals surface area contributed by atoms with Gasteiger partial charge in [-0.25, -0.2) is 0 Å². The Balaban J connectivity index is 2.13. The van der Waals surface area contributed by atoms with E-state index in [1.54, 1.807) is 4.90 Å². The highest BCUT2D eigenvalue weighted by molar-refractivity contribution is 5.95. The van der Waals surface area contributed by atoms with Crippen LogP contribution in [0.3, 0.4) is 0 Å². The van der Waals surface area contributed by atoms with E-state index in [2.05, 4.69) is 5.32 Å². The Kier molecular flexibility index (Phi) is 3.87. The summed E-state index contributed by atoms with van der Waals surface area (Å²) in [5, 5.41) is 12.7. The van der Waals surface area contributed by atoms with Gasteiger partial charge in [0.1, 0.15) is 0 Å². The molecule has 0 aliphatic carbocycles. The number of β-amino-alcohol motifs (C(OH)–C–C–N with tert-alkyl or cyclic N) is 1. The Morgan fingerprint density at radius 2 is 2.33 bits per heavy atom. The van der Waals surface area contributed by atoms with E-state index in [0.717, 1.165) is 17.8 Å². The first kappa shape index (κ1) is 12.9. The first-order valence-electron chi connectivity index (χ1n) is 6.43. The van der Waals surface area contributed by atoms with Crippen molar-refractivity contribution in [2.24, 2.45) is 0 Å². The monoisotopic (exact) mass is 248 g/mol. The van der Waals surface area contributed by atoms with Crippen LogP contribution in [-0.2, 0) is 0 Å². The molecule has 1 aromatic carbocycles. The summed E-state index contributed by atoms with van der Waals surface area (Å²) in [6.45, 7) is 6.00. The second kappa shape index (κ2) is 5.40. The lowest BCUT2D eigenvalue weighted by atomic mass is 10.1. The summed E-state index contributed by atoms with van der Waals surface area (Å²) >= 11 is 0. The summed E-state index contributed by atoms with van der Waals surface area (Å²) in [7, 11) is 0. The Morgan fingerprint density at radius 1 is 1.56 bits per heavy atom. The van der Waals surface area contributed by atoms with E-state index >= 15 is 0 Å². The summed E-state index contributed by atoms with van der Waals surface area (Å²) < 4.78 is 0. The molecular weight excluding hydrogens is 228 g/mol. The topological polar surface area (TPSA) is 52.6 Å². The van der Waals surface area contributed by atoms with Gasteiger partial charge in [-0.05, 0) is 44.0 Å². The van der Waals surface area contributed by atoms with Gasteiger partial charge in [0.15, 0.2) is 0 Å². The van der Waals surface area contributed by atoms with E-state index in [9.17, 15) is 9.90 Å². The molecule has 2 rings (SSSR count). The molecule has 0 spiro atoms. The molecule has 2 N–H and O–H groups in total. The van der Waals surface area contributed by atoms with Gasteiger partial charge in [-0.15, -0.1) is 0 Å². The fourth-order valence-electron chi connectivity index (χ4n) is 2.29. The van der Waals surface area contributed by atoms with Crippen molar-refractivity contribution < 1.29 is 9.90 Å². The summed E-state index contributed by atoms with van der Waals surface area (Å²) in [5.41, 5.74) is 2.83. The zero-order valence-corrected chi connectivity index (χ0v) is 10.9. The van der Waals surface area contributed by atoms with E-state index in [1.807, 2.05) is 32.0 Å². The first-order chi connectivity index (χ1) is 8.61. The first-order valence-corrected chi connectivity index (χ1v) is 6.43. The van der Waals surface area contributed by atoms with E-state index in [1.165, 1.54) is 0 Å². The highest BCUT2D eigenvalue weighted by Crippen LogP contribution is 2.19. The van der Waals surface area contributed by atoms with Crippen molar-refractivity contribution in [3.63, 3.8) is 0 Å². The molecule has 4 heteroatoms. The van der Waals surface area contributed by atoms with Crippen LogP contribution in [0.5, 0.6) is 0 Å². The molecule has 1 saturated heterocycles. The summed E-state index contributed by atoms with van der Waals surface area (Å²) in [4.78, 5) is 13.9. The number of anilines is 1. The second-order valence-corrected chi connectivity index (χ2v) is 4.75. The van der Waals surface area contributed by atoms with Gasteiger partial charge in [0, 0.05) is 30.9 Å². The van der Waals surface area contributed by atoms with E-state index in [4.69, 9.17) is 0 Å².